The Morgan fingerprint density at radius 2 is 1.30 bits per heavy atom. The molecule has 37 heavy (non-hydrogen) atoms. The molecule has 3 rings (SSSR count). The van der Waals surface area contributed by atoms with E-state index in [0.717, 1.165) is 32.9 Å². The number of nitrogens with one attached hydrogen (secondary N) is 2. The highest BCUT2D eigenvalue weighted by atomic mass is 32.2. The molecule has 1 amide bonds. The SMILES string of the molecule is CC(=O)Oc1cc(C(=O)Nc2ccc(S(=O)(=O)Nc3ncccn3)cc2)cc(OC(C)=O)c1OC(C)=O. The summed E-state index contributed by atoms with van der Waals surface area (Å²) in [6, 6.07) is 8.94. The smallest absolute Gasteiger partial charge is 0.308 e. The van der Waals surface area contributed by atoms with Crippen molar-refractivity contribution in [3.05, 3.63) is 60.4 Å². The van der Waals surface area contributed by atoms with Crippen molar-refractivity contribution in [2.24, 2.45) is 0 Å². The number of esters is 3. The second-order valence-corrected chi connectivity index (χ2v) is 8.92. The molecule has 1 heterocycles. The number of benzene rings is 2. The Morgan fingerprint density at radius 3 is 1.78 bits per heavy atom. The normalized spacial score (nSPS) is 10.7. The zero-order valence-corrected chi connectivity index (χ0v) is 20.5. The molecule has 2 aromatic carbocycles. The topological polar surface area (TPSA) is 180 Å². The van der Waals surface area contributed by atoms with Crippen LogP contribution >= 0.6 is 0 Å². The third-order valence-electron chi connectivity index (χ3n) is 4.25. The summed E-state index contributed by atoms with van der Waals surface area (Å²) >= 11 is 0. The molecule has 0 aliphatic rings. The van der Waals surface area contributed by atoms with Crippen molar-refractivity contribution in [2.75, 3.05) is 10.0 Å². The number of amides is 1. The number of carbonyl (C=O) groups excluding carboxylic acids is 4. The molecule has 2 N–H and O–H groups in total. The summed E-state index contributed by atoms with van der Waals surface area (Å²) in [6.45, 7) is 3.26. The third-order valence-corrected chi connectivity index (χ3v) is 5.59. The first kappa shape index (κ1) is 26.7. The standard InChI is InChI=1S/C23H20N4O9S/c1-13(28)34-19-11-16(12-20(35-14(2)29)21(19)36-15(3)30)22(31)26-17-5-7-18(8-6-17)37(32,33)27-23-24-9-4-10-25-23/h4-12H,1-3H3,(H,26,31)(H,24,25,27). The maximum atomic E-state index is 12.9. The first-order chi connectivity index (χ1) is 17.4. The molecular formula is C23H20N4O9S. The number of hydrogen-bond donors (Lipinski definition) is 2. The van der Waals surface area contributed by atoms with E-state index in [9.17, 15) is 27.6 Å². The molecule has 0 saturated heterocycles. The van der Waals surface area contributed by atoms with Crippen molar-refractivity contribution in [3.63, 3.8) is 0 Å². The van der Waals surface area contributed by atoms with Crippen LogP contribution in [0.2, 0.25) is 0 Å². The summed E-state index contributed by atoms with van der Waals surface area (Å²) in [5, 5.41) is 2.54. The highest BCUT2D eigenvalue weighted by Gasteiger charge is 2.23. The van der Waals surface area contributed by atoms with Gasteiger partial charge in [0.05, 0.1) is 4.90 Å². The van der Waals surface area contributed by atoms with E-state index in [2.05, 4.69) is 20.0 Å². The van der Waals surface area contributed by atoms with E-state index in [1.54, 1.807) is 0 Å². The molecule has 0 unspecified atom stereocenters. The molecule has 14 heteroatoms. The molecule has 0 fully saturated rings. The fourth-order valence-electron chi connectivity index (χ4n) is 2.86. The van der Waals surface area contributed by atoms with Gasteiger partial charge in [0.15, 0.2) is 11.5 Å². The summed E-state index contributed by atoms with van der Waals surface area (Å²) in [4.78, 5) is 55.0. The van der Waals surface area contributed by atoms with Gasteiger partial charge in [-0.3, -0.25) is 19.2 Å². The molecule has 192 valence electrons. The van der Waals surface area contributed by atoms with Crippen molar-refractivity contribution in [1.29, 1.82) is 0 Å². The average Bonchev–Trinajstić information content (AvgIpc) is 2.80. The van der Waals surface area contributed by atoms with Gasteiger partial charge in [0.2, 0.25) is 11.7 Å². The summed E-state index contributed by atoms with van der Waals surface area (Å²) < 4.78 is 42.4. The number of nitrogens with zero attached hydrogens (tertiary/aromatic N) is 2. The zero-order chi connectivity index (χ0) is 27.2. The minimum Gasteiger partial charge on any atom is -0.423 e. The Bertz CT molecular complexity index is 1420. The van der Waals surface area contributed by atoms with Gasteiger partial charge in [-0.15, -0.1) is 0 Å². The second kappa shape index (κ2) is 11.3. The molecule has 0 saturated carbocycles. The average molecular weight is 528 g/mol. The van der Waals surface area contributed by atoms with Crippen LogP contribution in [-0.2, 0) is 24.4 Å². The monoisotopic (exact) mass is 528 g/mol. The van der Waals surface area contributed by atoms with E-state index >= 15 is 0 Å². The Labute approximate surface area is 210 Å². The number of anilines is 2. The Hall–Kier alpha value is -4.85. The van der Waals surface area contributed by atoms with Gasteiger partial charge in [-0.1, -0.05) is 0 Å². The number of rotatable bonds is 8. The first-order valence-corrected chi connectivity index (χ1v) is 11.9. The van der Waals surface area contributed by atoms with E-state index in [1.807, 2.05) is 0 Å². The van der Waals surface area contributed by atoms with Crippen LogP contribution in [0.25, 0.3) is 0 Å². The van der Waals surface area contributed by atoms with Crippen molar-refractivity contribution in [1.82, 2.24) is 9.97 Å². The van der Waals surface area contributed by atoms with E-state index in [1.165, 1.54) is 42.7 Å². The van der Waals surface area contributed by atoms with Gasteiger partial charge in [0.25, 0.3) is 15.9 Å². The number of carbonyl (C=O) groups is 4. The van der Waals surface area contributed by atoms with Gasteiger partial charge in [-0.25, -0.2) is 23.1 Å². The Morgan fingerprint density at radius 1 is 0.784 bits per heavy atom. The molecule has 0 spiro atoms. The Kier molecular flexibility index (Phi) is 8.14. The van der Waals surface area contributed by atoms with Crippen LogP contribution < -0.4 is 24.2 Å². The third kappa shape index (κ3) is 7.32. The summed E-state index contributed by atoms with van der Waals surface area (Å²) in [5.74, 6) is -4.23. The molecule has 0 atom stereocenters. The van der Waals surface area contributed by atoms with Gasteiger partial charge in [-0.2, -0.15) is 0 Å². The fraction of sp³-hybridized carbons (Fsp3) is 0.130. The quantitative estimate of drug-likeness (QED) is 0.323. The number of sulfonamides is 1. The number of ether oxygens (including phenoxy) is 3. The first-order valence-electron chi connectivity index (χ1n) is 10.4. The van der Waals surface area contributed by atoms with Gasteiger partial charge >= 0.3 is 17.9 Å². The number of aromatic nitrogens is 2. The van der Waals surface area contributed by atoms with E-state index in [4.69, 9.17) is 14.2 Å². The van der Waals surface area contributed by atoms with Gasteiger partial charge in [0.1, 0.15) is 0 Å². The minimum atomic E-state index is -3.99. The summed E-state index contributed by atoms with van der Waals surface area (Å²) in [5.41, 5.74) is 0.0926. The lowest BCUT2D eigenvalue weighted by atomic mass is 10.1. The molecule has 13 nitrogen and oxygen atoms in total. The fourth-order valence-corrected chi connectivity index (χ4v) is 3.82. The van der Waals surface area contributed by atoms with Crippen LogP contribution in [0.3, 0.4) is 0 Å². The minimum absolute atomic E-state index is 0.107. The second-order valence-electron chi connectivity index (χ2n) is 7.24. The van der Waals surface area contributed by atoms with E-state index in [-0.39, 0.29) is 39.3 Å². The van der Waals surface area contributed by atoms with Crippen LogP contribution in [-0.4, -0.2) is 42.2 Å². The van der Waals surface area contributed by atoms with Crippen LogP contribution in [0.5, 0.6) is 17.2 Å². The largest absolute Gasteiger partial charge is 0.423 e. The van der Waals surface area contributed by atoms with Gasteiger partial charge in [0, 0.05) is 44.4 Å². The predicted molar refractivity (Wildman–Crippen MR) is 128 cm³/mol. The highest BCUT2D eigenvalue weighted by molar-refractivity contribution is 7.92. The van der Waals surface area contributed by atoms with Crippen LogP contribution in [0.1, 0.15) is 31.1 Å². The van der Waals surface area contributed by atoms with Crippen molar-refractivity contribution in [2.45, 2.75) is 25.7 Å². The van der Waals surface area contributed by atoms with Gasteiger partial charge in [-0.05, 0) is 42.5 Å². The molecule has 3 aromatic rings. The lowest BCUT2D eigenvalue weighted by Gasteiger charge is -2.15. The van der Waals surface area contributed by atoms with Gasteiger partial charge < -0.3 is 19.5 Å². The Balaban J connectivity index is 1.87. The lowest BCUT2D eigenvalue weighted by molar-refractivity contribution is -0.135. The molecule has 0 bridgehead atoms. The molecule has 0 aliphatic carbocycles. The highest BCUT2D eigenvalue weighted by Crippen LogP contribution is 2.39. The van der Waals surface area contributed by atoms with Crippen molar-refractivity contribution < 1.29 is 41.8 Å². The lowest BCUT2D eigenvalue weighted by Crippen LogP contribution is -2.16. The number of hydrogen-bond acceptors (Lipinski definition) is 11. The van der Waals surface area contributed by atoms with E-state index < -0.39 is 33.8 Å². The zero-order valence-electron chi connectivity index (χ0n) is 19.7. The summed E-state index contributed by atoms with van der Waals surface area (Å²) in [7, 11) is -3.99. The van der Waals surface area contributed by atoms with Crippen LogP contribution in [0.15, 0.2) is 59.8 Å². The van der Waals surface area contributed by atoms with Crippen molar-refractivity contribution in [3.8, 4) is 17.2 Å². The molecular weight excluding hydrogens is 508 g/mol. The maximum absolute atomic E-state index is 12.9. The molecule has 0 radical (unpaired) electrons. The van der Waals surface area contributed by atoms with E-state index in [0.29, 0.717) is 0 Å². The summed E-state index contributed by atoms with van der Waals surface area (Å²) in [6.07, 6.45) is 2.75. The van der Waals surface area contributed by atoms with Crippen LogP contribution in [0, 0.1) is 0 Å². The van der Waals surface area contributed by atoms with Crippen LogP contribution in [0.4, 0.5) is 11.6 Å². The predicted octanol–water partition coefficient (Wildman–Crippen LogP) is 2.31. The maximum Gasteiger partial charge on any atom is 0.308 e. The molecule has 0 aliphatic heterocycles. The molecule has 1 aromatic heterocycles. The van der Waals surface area contributed by atoms with Crippen molar-refractivity contribution >= 4 is 45.5 Å².